The molecule has 0 fully saturated rings. The average molecular weight is 277 g/mol. The van der Waals surface area contributed by atoms with Gasteiger partial charge in [0.2, 0.25) is 11.8 Å². The normalized spacial score (nSPS) is 10.6. The third-order valence-electron chi connectivity index (χ3n) is 2.90. The first-order valence-electron chi connectivity index (χ1n) is 6.45. The molecule has 0 atom stereocenters. The van der Waals surface area contributed by atoms with Crippen molar-refractivity contribution in [3.8, 4) is 17.5 Å². The summed E-state index contributed by atoms with van der Waals surface area (Å²) in [7, 11) is 1.86. The topological polar surface area (TPSA) is 88.1 Å². The number of hydrogen-bond donors (Lipinski definition) is 1. The minimum atomic E-state index is 0.283. The second kappa shape index (κ2) is 5.77. The van der Waals surface area contributed by atoms with Crippen LogP contribution < -0.4 is 15.2 Å². The van der Waals surface area contributed by atoms with Crippen molar-refractivity contribution in [2.24, 2.45) is 7.05 Å². The Morgan fingerprint density at radius 1 is 1.25 bits per heavy atom. The van der Waals surface area contributed by atoms with Crippen molar-refractivity contribution in [3.05, 3.63) is 17.7 Å². The molecule has 2 aromatic heterocycles. The Morgan fingerprint density at radius 2 is 1.95 bits per heavy atom. The zero-order valence-electron chi connectivity index (χ0n) is 12.2. The van der Waals surface area contributed by atoms with Crippen molar-refractivity contribution in [2.75, 3.05) is 12.3 Å². The zero-order valence-corrected chi connectivity index (χ0v) is 12.2. The van der Waals surface area contributed by atoms with E-state index < -0.39 is 0 Å². The molecule has 2 N–H and O–H groups in total. The fourth-order valence-corrected chi connectivity index (χ4v) is 1.76. The summed E-state index contributed by atoms with van der Waals surface area (Å²) >= 11 is 0. The Hall–Kier alpha value is -2.31. The number of nitrogens with two attached hydrogens (primary N) is 1. The highest BCUT2D eigenvalue weighted by molar-refractivity contribution is 5.57. The number of rotatable bonds is 5. The molecule has 7 nitrogen and oxygen atoms in total. The second-order valence-electron chi connectivity index (χ2n) is 4.47. The first kappa shape index (κ1) is 14.1. The van der Waals surface area contributed by atoms with Crippen LogP contribution in [0.15, 0.2) is 6.33 Å². The van der Waals surface area contributed by atoms with Gasteiger partial charge in [-0.3, -0.25) is 4.68 Å². The van der Waals surface area contributed by atoms with Crippen LogP contribution in [-0.4, -0.2) is 26.4 Å². The summed E-state index contributed by atoms with van der Waals surface area (Å²) < 4.78 is 13.0. The van der Waals surface area contributed by atoms with Gasteiger partial charge in [-0.15, -0.1) is 0 Å². The van der Waals surface area contributed by atoms with Gasteiger partial charge in [0.1, 0.15) is 12.0 Å². The average Bonchev–Trinajstić information content (AvgIpc) is 2.66. The van der Waals surface area contributed by atoms with Gasteiger partial charge in [-0.1, -0.05) is 6.92 Å². The van der Waals surface area contributed by atoms with Crippen molar-refractivity contribution in [3.63, 3.8) is 0 Å². The van der Waals surface area contributed by atoms with E-state index in [0.717, 1.165) is 17.8 Å². The van der Waals surface area contributed by atoms with Gasteiger partial charge in [-0.2, -0.15) is 15.1 Å². The molecular formula is C13H19N5O2. The van der Waals surface area contributed by atoms with E-state index in [1.807, 2.05) is 27.8 Å². The van der Waals surface area contributed by atoms with Crippen LogP contribution in [0.4, 0.5) is 5.69 Å². The maximum absolute atomic E-state index is 5.98. The molecule has 2 aromatic rings. The monoisotopic (exact) mass is 277 g/mol. The Bertz CT molecular complexity index is 609. The minimum absolute atomic E-state index is 0.283. The highest BCUT2D eigenvalue weighted by atomic mass is 16.5. The van der Waals surface area contributed by atoms with Crippen LogP contribution in [0.1, 0.15) is 24.7 Å². The van der Waals surface area contributed by atoms with E-state index in [-0.39, 0.29) is 5.88 Å². The molecule has 2 heterocycles. The van der Waals surface area contributed by atoms with Crippen LogP contribution in [0.3, 0.4) is 0 Å². The van der Waals surface area contributed by atoms with Gasteiger partial charge in [0.05, 0.1) is 12.3 Å². The molecule has 0 spiro atoms. The predicted octanol–water partition coefficient (Wildman–Crippen LogP) is 1.99. The maximum Gasteiger partial charge on any atom is 0.250 e. The van der Waals surface area contributed by atoms with Crippen molar-refractivity contribution in [2.45, 2.75) is 27.2 Å². The first-order valence-corrected chi connectivity index (χ1v) is 6.45. The fourth-order valence-electron chi connectivity index (χ4n) is 1.76. The van der Waals surface area contributed by atoms with Crippen molar-refractivity contribution < 1.29 is 9.47 Å². The summed E-state index contributed by atoms with van der Waals surface area (Å²) in [5, 5.41) is 4.28. The van der Waals surface area contributed by atoms with E-state index >= 15 is 0 Å². The molecule has 0 saturated heterocycles. The van der Waals surface area contributed by atoms with Crippen LogP contribution in [0, 0.1) is 13.8 Å². The van der Waals surface area contributed by atoms with Gasteiger partial charge in [-0.25, -0.2) is 0 Å². The second-order valence-corrected chi connectivity index (χ2v) is 4.47. The molecule has 108 valence electrons. The molecule has 0 aliphatic heterocycles. The van der Waals surface area contributed by atoms with E-state index in [2.05, 4.69) is 15.1 Å². The molecule has 2 rings (SSSR count). The lowest BCUT2D eigenvalue weighted by atomic mass is 10.3. The Kier molecular flexibility index (Phi) is 4.07. The maximum atomic E-state index is 5.98. The molecule has 0 aromatic carbocycles. The Balaban J connectivity index is 2.29. The molecule has 0 unspecified atom stereocenters. The molecule has 0 aliphatic rings. The molecule has 0 aliphatic carbocycles. The first-order chi connectivity index (χ1) is 9.54. The fraction of sp³-hybridized carbons (Fsp3) is 0.462. The SMILES string of the molecule is CCCOc1ncnc(Oc2c(C)nn(C)c2C)c1N. The molecule has 0 bridgehead atoms. The number of nitrogens with zero attached hydrogens (tertiary/aromatic N) is 4. The largest absolute Gasteiger partial charge is 0.476 e. The van der Waals surface area contributed by atoms with Gasteiger partial charge >= 0.3 is 0 Å². The van der Waals surface area contributed by atoms with Gasteiger partial charge < -0.3 is 15.2 Å². The van der Waals surface area contributed by atoms with Gasteiger partial charge in [0.15, 0.2) is 11.4 Å². The lowest BCUT2D eigenvalue weighted by molar-refractivity contribution is 0.304. The van der Waals surface area contributed by atoms with Gasteiger partial charge in [-0.05, 0) is 20.3 Å². The number of anilines is 1. The lowest BCUT2D eigenvalue weighted by Gasteiger charge is -2.10. The van der Waals surface area contributed by atoms with Crippen LogP contribution >= 0.6 is 0 Å². The number of aryl methyl sites for hydroxylation is 2. The van der Waals surface area contributed by atoms with Crippen LogP contribution in [0.25, 0.3) is 0 Å². The highest BCUT2D eigenvalue weighted by Gasteiger charge is 2.16. The third kappa shape index (κ3) is 2.66. The predicted molar refractivity (Wildman–Crippen MR) is 75.0 cm³/mol. The minimum Gasteiger partial charge on any atom is -0.476 e. The highest BCUT2D eigenvalue weighted by Crippen LogP contribution is 2.33. The number of hydrogen-bond acceptors (Lipinski definition) is 6. The summed E-state index contributed by atoms with van der Waals surface area (Å²) in [5.41, 5.74) is 7.95. The van der Waals surface area contributed by atoms with E-state index in [9.17, 15) is 0 Å². The molecule has 0 radical (unpaired) electrons. The van der Waals surface area contributed by atoms with Crippen LogP contribution in [0.5, 0.6) is 17.5 Å². The number of nitrogen functional groups attached to an aromatic ring is 1. The summed E-state index contributed by atoms with van der Waals surface area (Å²) in [6.07, 6.45) is 2.25. The molecule has 20 heavy (non-hydrogen) atoms. The van der Waals surface area contributed by atoms with Crippen LogP contribution in [-0.2, 0) is 7.05 Å². The van der Waals surface area contributed by atoms with Crippen molar-refractivity contribution in [1.29, 1.82) is 0 Å². The van der Waals surface area contributed by atoms with E-state index in [0.29, 0.717) is 23.9 Å². The van der Waals surface area contributed by atoms with Gasteiger partial charge in [0, 0.05) is 7.05 Å². The summed E-state index contributed by atoms with van der Waals surface area (Å²) in [6, 6.07) is 0. The molecular weight excluding hydrogens is 258 g/mol. The summed E-state index contributed by atoms with van der Waals surface area (Å²) in [5.74, 6) is 1.28. The van der Waals surface area contributed by atoms with Crippen molar-refractivity contribution >= 4 is 5.69 Å². The lowest BCUT2D eigenvalue weighted by Crippen LogP contribution is -2.04. The van der Waals surface area contributed by atoms with E-state index in [4.69, 9.17) is 15.2 Å². The van der Waals surface area contributed by atoms with E-state index in [1.165, 1.54) is 6.33 Å². The smallest absolute Gasteiger partial charge is 0.250 e. The number of ether oxygens (including phenoxy) is 2. The summed E-state index contributed by atoms with van der Waals surface area (Å²) in [4.78, 5) is 8.07. The standard InChI is InChI=1S/C13H19N5O2/c1-5-6-19-12-10(14)13(16-7-15-12)20-11-8(2)17-18(4)9(11)3/h7H,5-6,14H2,1-4H3. The summed E-state index contributed by atoms with van der Waals surface area (Å²) in [6.45, 7) is 6.35. The Morgan fingerprint density at radius 3 is 2.55 bits per heavy atom. The Labute approximate surface area is 117 Å². The zero-order chi connectivity index (χ0) is 14.7. The molecule has 7 heteroatoms. The quantitative estimate of drug-likeness (QED) is 0.899. The molecule has 0 amide bonds. The third-order valence-corrected chi connectivity index (χ3v) is 2.90. The van der Waals surface area contributed by atoms with Crippen LogP contribution in [0.2, 0.25) is 0 Å². The number of aromatic nitrogens is 4. The van der Waals surface area contributed by atoms with Crippen molar-refractivity contribution in [1.82, 2.24) is 19.7 Å². The van der Waals surface area contributed by atoms with Gasteiger partial charge in [0.25, 0.3) is 0 Å². The van der Waals surface area contributed by atoms with E-state index in [1.54, 1.807) is 4.68 Å². The molecule has 0 saturated carbocycles.